The van der Waals surface area contributed by atoms with Crippen LogP contribution in [0.15, 0.2) is 77.7 Å². The first kappa shape index (κ1) is 23.6. The van der Waals surface area contributed by atoms with Crippen LogP contribution in [0.1, 0.15) is 16.7 Å². The summed E-state index contributed by atoms with van der Waals surface area (Å²) in [5.74, 6) is -0.290. The van der Waals surface area contributed by atoms with Crippen LogP contribution in [-0.2, 0) is 16.2 Å². The summed E-state index contributed by atoms with van der Waals surface area (Å²) < 4.78 is 5.77. The second-order valence-electron chi connectivity index (χ2n) is 7.62. The molecule has 8 heteroatoms. The molecule has 0 spiro atoms. The minimum Gasteiger partial charge on any atom is -0.489 e. The topological polar surface area (TPSA) is 75.7 Å². The third-order valence-corrected chi connectivity index (χ3v) is 6.37. The van der Waals surface area contributed by atoms with Crippen molar-refractivity contribution in [3.8, 4) is 5.75 Å². The van der Waals surface area contributed by atoms with E-state index in [-0.39, 0.29) is 11.4 Å². The number of nitrogens with zero attached hydrogens (tertiary/aromatic N) is 1. The highest BCUT2D eigenvalue weighted by atomic mass is 35.5. The Morgan fingerprint density at radius 3 is 2.50 bits per heavy atom. The lowest BCUT2D eigenvalue weighted by Gasteiger charge is -2.13. The largest absolute Gasteiger partial charge is 0.489 e. The molecular formula is C26H21ClN2O4S. The van der Waals surface area contributed by atoms with Crippen LogP contribution >= 0.6 is 23.4 Å². The van der Waals surface area contributed by atoms with Gasteiger partial charge in [0.2, 0.25) is 5.91 Å². The Labute approximate surface area is 206 Å². The number of amides is 3. The lowest BCUT2D eigenvalue weighted by molar-refractivity contribution is -0.127. The smallest absolute Gasteiger partial charge is 0.294 e. The Morgan fingerprint density at radius 1 is 1.06 bits per heavy atom. The van der Waals surface area contributed by atoms with Gasteiger partial charge in [-0.15, -0.1) is 0 Å². The van der Waals surface area contributed by atoms with E-state index in [0.29, 0.717) is 23.1 Å². The molecule has 6 nitrogen and oxygen atoms in total. The Bertz CT molecular complexity index is 1260. The summed E-state index contributed by atoms with van der Waals surface area (Å²) >= 11 is 6.88. The van der Waals surface area contributed by atoms with Crippen LogP contribution in [0.3, 0.4) is 0 Å². The van der Waals surface area contributed by atoms with Crippen LogP contribution < -0.4 is 10.1 Å². The van der Waals surface area contributed by atoms with E-state index in [1.54, 1.807) is 36.4 Å². The summed E-state index contributed by atoms with van der Waals surface area (Å²) in [4.78, 5) is 38.6. The lowest BCUT2D eigenvalue weighted by Crippen LogP contribution is -2.36. The third kappa shape index (κ3) is 5.87. The second kappa shape index (κ2) is 10.6. The minimum atomic E-state index is -0.503. The van der Waals surface area contributed by atoms with Gasteiger partial charge in [0.15, 0.2) is 0 Å². The highest BCUT2D eigenvalue weighted by Gasteiger charge is 2.36. The number of carbonyl (C=O) groups excluding carboxylic acids is 3. The van der Waals surface area contributed by atoms with Crippen LogP contribution in [0.5, 0.6) is 5.75 Å². The molecule has 1 aliphatic rings. The van der Waals surface area contributed by atoms with Crippen LogP contribution in [0.25, 0.3) is 6.08 Å². The first-order valence-electron chi connectivity index (χ1n) is 10.5. The highest BCUT2D eigenvalue weighted by molar-refractivity contribution is 8.18. The van der Waals surface area contributed by atoms with E-state index in [1.165, 1.54) is 0 Å². The van der Waals surface area contributed by atoms with Gasteiger partial charge in [0.1, 0.15) is 18.9 Å². The Hall–Kier alpha value is -3.55. The van der Waals surface area contributed by atoms with Crippen molar-refractivity contribution in [3.63, 3.8) is 0 Å². The second-order valence-corrected chi connectivity index (χ2v) is 9.02. The van der Waals surface area contributed by atoms with E-state index in [4.69, 9.17) is 16.3 Å². The van der Waals surface area contributed by atoms with E-state index in [1.807, 2.05) is 49.4 Å². The summed E-state index contributed by atoms with van der Waals surface area (Å²) in [6, 6.07) is 22.2. The lowest BCUT2D eigenvalue weighted by atomic mass is 10.2. The van der Waals surface area contributed by atoms with Crippen molar-refractivity contribution >= 4 is 52.2 Å². The van der Waals surface area contributed by atoms with Gasteiger partial charge in [-0.25, -0.2) is 0 Å². The molecule has 3 amide bonds. The zero-order valence-corrected chi connectivity index (χ0v) is 19.9. The van der Waals surface area contributed by atoms with Gasteiger partial charge in [-0.2, -0.15) is 0 Å². The van der Waals surface area contributed by atoms with Crippen LogP contribution in [0, 0.1) is 6.92 Å². The fourth-order valence-electron chi connectivity index (χ4n) is 3.20. The first-order chi connectivity index (χ1) is 16.4. The zero-order valence-electron chi connectivity index (χ0n) is 18.3. The van der Waals surface area contributed by atoms with Gasteiger partial charge in [0.05, 0.1) is 4.91 Å². The van der Waals surface area contributed by atoms with E-state index in [9.17, 15) is 14.4 Å². The number of nitrogens with one attached hydrogen (secondary N) is 1. The number of benzene rings is 3. The first-order valence-corrected chi connectivity index (χ1v) is 11.7. The van der Waals surface area contributed by atoms with Gasteiger partial charge in [-0.05, 0) is 65.7 Å². The number of thioether (sulfide) groups is 1. The number of anilines is 1. The van der Waals surface area contributed by atoms with Crippen molar-refractivity contribution in [1.29, 1.82) is 0 Å². The van der Waals surface area contributed by atoms with Gasteiger partial charge in [0, 0.05) is 10.7 Å². The van der Waals surface area contributed by atoms with Crippen LogP contribution in [-0.4, -0.2) is 28.5 Å². The number of aryl methyl sites for hydroxylation is 1. The number of rotatable bonds is 7. The number of hydrogen-bond acceptors (Lipinski definition) is 5. The number of hydrogen-bond donors (Lipinski definition) is 1. The number of ether oxygens (including phenoxy) is 1. The van der Waals surface area contributed by atoms with Gasteiger partial charge in [-0.1, -0.05) is 60.1 Å². The molecule has 1 saturated heterocycles. The van der Waals surface area contributed by atoms with E-state index in [2.05, 4.69) is 5.32 Å². The Balaban J connectivity index is 1.36. The molecule has 3 aromatic rings. The molecule has 1 fully saturated rings. The molecule has 0 saturated carbocycles. The SMILES string of the molecule is Cc1ccc(NC(=O)CN2C(=O)S/C(=C/c3ccc(OCc4ccccc4)cc3)C2=O)cc1Cl. The third-order valence-electron chi connectivity index (χ3n) is 5.06. The summed E-state index contributed by atoms with van der Waals surface area (Å²) in [7, 11) is 0. The molecule has 0 atom stereocenters. The molecule has 0 bridgehead atoms. The maximum atomic E-state index is 12.7. The molecule has 0 aromatic heterocycles. The van der Waals surface area contributed by atoms with Gasteiger partial charge in [-0.3, -0.25) is 19.3 Å². The zero-order chi connectivity index (χ0) is 24.1. The molecule has 34 heavy (non-hydrogen) atoms. The Kier molecular flexibility index (Phi) is 7.35. The predicted octanol–water partition coefficient (Wildman–Crippen LogP) is 5.90. The van der Waals surface area contributed by atoms with Crippen molar-refractivity contribution in [2.24, 2.45) is 0 Å². The maximum Gasteiger partial charge on any atom is 0.294 e. The average Bonchev–Trinajstić information content (AvgIpc) is 3.09. The number of halogens is 1. The van der Waals surface area contributed by atoms with Crippen LogP contribution in [0.4, 0.5) is 10.5 Å². The van der Waals surface area contributed by atoms with Crippen molar-refractivity contribution < 1.29 is 19.1 Å². The molecule has 1 aliphatic heterocycles. The number of imide groups is 1. The molecule has 0 aliphatic carbocycles. The molecular weight excluding hydrogens is 472 g/mol. The summed E-state index contributed by atoms with van der Waals surface area (Å²) in [5, 5.41) is 2.69. The van der Waals surface area contributed by atoms with Crippen molar-refractivity contribution in [2.75, 3.05) is 11.9 Å². The molecule has 1 heterocycles. The van der Waals surface area contributed by atoms with Crippen LogP contribution in [0.2, 0.25) is 5.02 Å². The molecule has 0 unspecified atom stereocenters. The van der Waals surface area contributed by atoms with Crippen molar-refractivity contribution in [1.82, 2.24) is 4.90 Å². The van der Waals surface area contributed by atoms with Gasteiger partial charge in [0.25, 0.3) is 11.1 Å². The standard InChI is InChI=1S/C26H21ClN2O4S/c1-17-7-10-20(14-22(17)27)28-24(30)15-29-25(31)23(34-26(29)32)13-18-8-11-21(12-9-18)33-16-19-5-3-2-4-6-19/h2-14H,15-16H2,1H3,(H,28,30)/b23-13+. The summed E-state index contributed by atoms with van der Waals surface area (Å²) in [6.07, 6.45) is 1.63. The average molecular weight is 493 g/mol. The number of carbonyl (C=O) groups is 3. The minimum absolute atomic E-state index is 0.258. The van der Waals surface area contributed by atoms with Gasteiger partial charge < -0.3 is 10.1 Å². The monoisotopic (exact) mass is 492 g/mol. The molecule has 3 aromatic carbocycles. The quantitative estimate of drug-likeness (QED) is 0.415. The summed E-state index contributed by atoms with van der Waals surface area (Å²) in [6.45, 7) is 1.93. The van der Waals surface area contributed by atoms with E-state index < -0.39 is 17.1 Å². The Morgan fingerprint density at radius 2 is 1.79 bits per heavy atom. The molecule has 172 valence electrons. The summed E-state index contributed by atoms with van der Waals surface area (Å²) in [5.41, 5.74) is 3.19. The van der Waals surface area contributed by atoms with E-state index in [0.717, 1.165) is 33.4 Å². The molecule has 1 N–H and O–H groups in total. The molecule has 0 radical (unpaired) electrons. The fourth-order valence-corrected chi connectivity index (χ4v) is 4.22. The highest BCUT2D eigenvalue weighted by Crippen LogP contribution is 2.32. The fraction of sp³-hybridized carbons (Fsp3) is 0.115. The van der Waals surface area contributed by atoms with Crippen molar-refractivity contribution in [2.45, 2.75) is 13.5 Å². The maximum absolute atomic E-state index is 12.7. The van der Waals surface area contributed by atoms with E-state index >= 15 is 0 Å². The predicted molar refractivity (Wildman–Crippen MR) is 135 cm³/mol. The normalized spacial score (nSPS) is 14.5. The van der Waals surface area contributed by atoms with Crippen molar-refractivity contribution in [3.05, 3.63) is 99.4 Å². The molecule has 4 rings (SSSR count). The van der Waals surface area contributed by atoms with Gasteiger partial charge >= 0.3 is 0 Å².